The number of carbonyl (C=O) groups excluding carboxylic acids is 1. The number of rotatable bonds is 8. The predicted octanol–water partition coefficient (Wildman–Crippen LogP) is 5.39. The van der Waals surface area contributed by atoms with E-state index in [1.165, 1.54) is 0 Å². The van der Waals surface area contributed by atoms with Crippen LogP contribution in [0, 0.1) is 19.3 Å². The summed E-state index contributed by atoms with van der Waals surface area (Å²) in [5.74, 6) is 3.12. The number of fused-ring (bicyclic) bond motifs is 1. The Kier molecular flexibility index (Phi) is 7.51. The van der Waals surface area contributed by atoms with E-state index >= 15 is 0 Å². The van der Waals surface area contributed by atoms with Crippen LogP contribution in [0.2, 0.25) is 0 Å². The third-order valence-corrected chi connectivity index (χ3v) is 6.58. The van der Waals surface area contributed by atoms with Gasteiger partial charge in [0, 0.05) is 17.8 Å². The lowest BCUT2D eigenvalue weighted by atomic mass is 9.98. The van der Waals surface area contributed by atoms with Gasteiger partial charge in [0.1, 0.15) is 5.82 Å². The molecule has 192 valence electrons. The van der Waals surface area contributed by atoms with Crippen molar-refractivity contribution in [2.24, 2.45) is 0 Å². The van der Waals surface area contributed by atoms with Gasteiger partial charge in [-0.3, -0.25) is 9.59 Å². The highest BCUT2D eigenvalue weighted by Crippen LogP contribution is 2.24. The molecule has 1 heterocycles. The number of anilines is 1. The second-order valence-corrected chi connectivity index (χ2v) is 9.34. The number of hydrogen-bond acceptors (Lipinski definition) is 4. The summed E-state index contributed by atoms with van der Waals surface area (Å²) >= 11 is 0. The van der Waals surface area contributed by atoms with Crippen LogP contribution in [0.4, 0.5) is 5.69 Å². The monoisotopic (exact) mass is 512 g/mol. The van der Waals surface area contributed by atoms with E-state index < -0.39 is 0 Å². The summed E-state index contributed by atoms with van der Waals surface area (Å²) in [7, 11) is 0. The summed E-state index contributed by atoms with van der Waals surface area (Å²) in [6.07, 6.45) is 5.67. The zero-order valence-corrected chi connectivity index (χ0v) is 21.6. The maximum absolute atomic E-state index is 13.3. The standard InChI is InChI=1S/C33H28N4O2/c1-3-20-37(22-24-14-19-30-29(21-24)33(39)35-23(2)34-30)28-17-15-27(16-18-28)32(38)36-31(25-10-6-4-7-11-25)26-12-8-5-9-13-26/h1,4-19,21,31H,20,22H2,2H3,(H,36,38)(H,34,35,39). The molecule has 0 fully saturated rings. The minimum Gasteiger partial charge on any atom is -0.356 e. The average molecular weight is 513 g/mol. The number of amides is 1. The third-order valence-electron chi connectivity index (χ3n) is 6.58. The van der Waals surface area contributed by atoms with Gasteiger partial charge in [0.15, 0.2) is 0 Å². The first kappa shape index (κ1) is 25.5. The van der Waals surface area contributed by atoms with Gasteiger partial charge in [-0.2, -0.15) is 0 Å². The Bertz CT molecular complexity index is 1650. The lowest BCUT2D eigenvalue weighted by Crippen LogP contribution is -2.29. The van der Waals surface area contributed by atoms with Crippen LogP contribution in [0.15, 0.2) is 108 Å². The number of nitrogens with zero attached hydrogens (tertiary/aromatic N) is 2. The number of aryl methyl sites for hydroxylation is 1. The highest BCUT2D eigenvalue weighted by molar-refractivity contribution is 5.95. The van der Waals surface area contributed by atoms with Crippen molar-refractivity contribution < 1.29 is 4.79 Å². The largest absolute Gasteiger partial charge is 0.356 e. The molecule has 0 atom stereocenters. The molecule has 2 N–H and O–H groups in total. The Labute approximate surface area is 227 Å². The van der Waals surface area contributed by atoms with E-state index in [0.717, 1.165) is 22.4 Å². The van der Waals surface area contributed by atoms with Crippen LogP contribution in [-0.4, -0.2) is 22.4 Å². The van der Waals surface area contributed by atoms with Crippen molar-refractivity contribution in [2.75, 3.05) is 11.4 Å². The molecule has 4 aromatic carbocycles. The van der Waals surface area contributed by atoms with Gasteiger partial charge in [0.25, 0.3) is 11.5 Å². The van der Waals surface area contributed by atoms with E-state index in [0.29, 0.717) is 35.4 Å². The molecule has 5 rings (SSSR count). The fourth-order valence-corrected chi connectivity index (χ4v) is 4.66. The number of hydrogen-bond donors (Lipinski definition) is 2. The van der Waals surface area contributed by atoms with Crippen molar-refractivity contribution >= 4 is 22.5 Å². The summed E-state index contributed by atoms with van der Waals surface area (Å²) in [6.45, 7) is 2.64. The molecule has 0 bridgehead atoms. The Morgan fingerprint density at radius 3 is 2.21 bits per heavy atom. The van der Waals surface area contributed by atoms with Gasteiger partial charge in [-0.05, 0) is 60.0 Å². The molecule has 39 heavy (non-hydrogen) atoms. The number of H-pyrrole nitrogens is 1. The fourth-order valence-electron chi connectivity index (χ4n) is 4.66. The number of carbonyl (C=O) groups is 1. The van der Waals surface area contributed by atoms with E-state index in [1.54, 1.807) is 19.1 Å². The molecule has 0 saturated heterocycles. The topological polar surface area (TPSA) is 78.1 Å². The van der Waals surface area contributed by atoms with Crippen LogP contribution in [-0.2, 0) is 6.54 Å². The summed E-state index contributed by atoms with van der Waals surface area (Å²) in [4.78, 5) is 34.9. The van der Waals surface area contributed by atoms with Crippen LogP contribution in [0.25, 0.3) is 10.9 Å². The van der Waals surface area contributed by atoms with Crippen LogP contribution in [0.1, 0.15) is 38.9 Å². The van der Waals surface area contributed by atoms with Crippen molar-refractivity contribution in [2.45, 2.75) is 19.5 Å². The Hall–Kier alpha value is -5.15. The van der Waals surface area contributed by atoms with Crippen LogP contribution >= 0.6 is 0 Å². The van der Waals surface area contributed by atoms with Crippen molar-refractivity contribution in [3.8, 4) is 12.3 Å². The average Bonchev–Trinajstić information content (AvgIpc) is 2.97. The van der Waals surface area contributed by atoms with Gasteiger partial charge in [0.2, 0.25) is 0 Å². The first-order chi connectivity index (χ1) is 19.0. The lowest BCUT2D eigenvalue weighted by Gasteiger charge is -2.23. The highest BCUT2D eigenvalue weighted by atomic mass is 16.1. The van der Waals surface area contributed by atoms with Gasteiger partial charge >= 0.3 is 0 Å². The molecule has 0 spiro atoms. The molecule has 0 radical (unpaired) electrons. The number of nitrogens with one attached hydrogen (secondary N) is 2. The zero-order valence-electron chi connectivity index (χ0n) is 21.6. The summed E-state index contributed by atoms with van der Waals surface area (Å²) in [5, 5.41) is 3.72. The van der Waals surface area contributed by atoms with Gasteiger partial charge in [-0.15, -0.1) is 6.42 Å². The number of benzene rings is 4. The molecule has 1 aromatic heterocycles. The Morgan fingerprint density at radius 1 is 0.949 bits per heavy atom. The number of aromatic nitrogens is 2. The smallest absolute Gasteiger partial charge is 0.258 e. The highest BCUT2D eigenvalue weighted by Gasteiger charge is 2.18. The van der Waals surface area contributed by atoms with E-state index in [2.05, 4.69) is 21.2 Å². The Balaban J connectivity index is 1.35. The molecule has 0 aliphatic rings. The van der Waals surface area contributed by atoms with Crippen LogP contribution < -0.4 is 15.8 Å². The minimum atomic E-state index is -0.271. The molecule has 0 saturated carbocycles. The second kappa shape index (κ2) is 11.5. The maximum atomic E-state index is 13.3. The van der Waals surface area contributed by atoms with Gasteiger partial charge in [-0.25, -0.2) is 4.98 Å². The normalized spacial score (nSPS) is 10.8. The van der Waals surface area contributed by atoms with Crippen molar-refractivity contribution in [3.05, 3.63) is 142 Å². The molecular formula is C33H28N4O2. The SMILES string of the molecule is C#CCN(Cc1ccc2nc(C)[nH]c(=O)c2c1)c1ccc(C(=O)NC(c2ccccc2)c2ccccc2)cc1. The predicted molar refractivity (Wildman–Crippen MR) is 156 cm³/mol. The van der Waals surface area contributed by atoms with Gasteiger partial charge in [-0.1, -0.05) is 72.7 Å². The van der Waals surface area contributed by atoms with Crippen LogP contribution in [0.3, 0.4) is 0 Å². The molecule has 0 aliphatic heterocycles. The van der Waals surface area contributed by atoms with Crippen LogP contribution in [0.5, 0.6) is 0 Å². The molecule has 5 aromatic rings. The van der Waals surface area contributed by atoms with Gasteiger partial charge < -0.3 is 15.2 Å². The third kappa shape index (κ3) is 5.89. The number of aromatic amines is 1. The molecule has 0 aliphatic carbocycles. The zero-order chi connectivity index (χ0) is 27.2. The summed E-state index contributed by atoms with van der Waals surface area (Å²) in [6, 6.07) is 32.6. The van der Waals surface area contributed by atoms with E-state index in [1.807, 2.05) is 95.9 Å². The van der Waals surface area contributed by atoms with Crippen molar-refractivity contribution in [3.63, 3.8) is 0 Å². The van der Waals surface area contributed by atoms with E-state index in [-0.39, 0.29) is 17.5 Å². The number of terminal acetylenes is 1. The minimum absolute atomic E-state index is 0.164. The molecule has 0 unspecified atom stereocenters. The first-order valence-electron chi connectivity index (χ1n) is 12.7. The van der Waals surface area contributed by atoms with E-state index in [9.17, 15) is 9.59 Å². The molecular weight excluding hydrogens is 484 g/mol. The molecule has 6 nitrogen and oxygen atoms in total. The van der Waals surface area contributed by atoms with Crippen molar-refractivity contribution in [1.82, 2.24) is 15.3 Å². The van der Waals surface area contributed by atoms with E-state index in [4.69, 9.17) is 6.42 Å². The molecule has 6 heteroatoms. The Morgan fingerprint density at radius 2 is 1.59 bits per heavy atom. The lowest BCUT2D eigenvalue weighted by molar-refractivity contribution is 0.0943. The first-order valence-corrected chi connectivity index (χ1v) is 12.7. The summed E-state index contributed by atoms with van der Waals surface area (Å²) < 4.78 is 0. The maximum Gasteiger partial charge on any atom is 0.258 e. The fraction of sp³-hybridized carbons (Fsp3) is 0.121. The van der Waals surface area contributed by atoms with Crippen molar-refractivity contribution in [1.29, 1.82) is 0 Å². The summed E-state index contributed by atoms with van der Waals surface area (Å²) in [5.41, 5.74) is 4.87. The molecule has 1 amide bonds. The quantitative estimate of drug-likeness (QED) is 0.273. The van der Waals surface area contributed by atoms with Gasteiger partial charge in [0.05, 0.1) is 23.5 Å². The second-order valence-electron chi connectivity index (χ2n) is 9.34.